The summed E-state index contributed by atoms with van der Waals surface area (Å²) < 4.78 is 0. The molecule has 2 N–H and O–H groups in total. The standard InChI is InChI=1S/C15H19N3O2/c1-3-18(2)9-8-16-14-12(15(19)20)10-11-6-4-5-7-13(11)17-14/h4-7,10H,3,8-9H2,1-2H3,(H,16,17)(H,19,20). The van der Waals surface area contributed by atoms with Gasteiger partial charge in [0.25, 0.3) is 0 Å². The van der Waals surface area contributed by atoms with Crippen LogP contribution in [0.25, 0.3) is 10.9 Å². The highest BCUT2D eigenvalue weighted by atomic mass is 16.4. The average Bonchev–Trinajstić information content (AvgIpc) is 2.46. The largest absolute Gasteiger partial charge is 0.478 e. The number of pyridine rings is 1. The minimum atomic E-state index is -0.963. The molecule has 0 fully saturated rings. The number of aromatic carboxylic acids is 1. The molecule has 20 heavy (non-hydrogen) atoms. The summed E-state index contributed by atoms with van der Waals surface area (Å²) in [6.45, 7) is 4.54. The van der Waals surface area contributed by atoms with Crippen molar-refractivity contribution < 1.29 is 9.90 Å². The maximum absolute atomic E-state index is 11.3. The quantitative estimate of drug-likeness (QED) is 0.845. The lowest BCUT2D eigenvalue weighted by Crippen LogP contribution is -2.25. The molecule has 1 heterocycles. The van der Waals surface area contributed by atoms with Crippen LogP contribution in [0.1, 0.15) is 17.3 Å². The SMILES string of the molecule is CCN(C)CCNc1nc2ccccc2cc1C(=O)O. The highest BCUT2D eigenvalue weighted by molar-refractivity contribution is 5.98. The molecule has 0 amide bonds. The summed E-state index contributed by atoms with van der Waals surface area (Å²) in [7, 11) is 2.02. The summed E-state index contributed by atoms with van der Waals surface area (Å²) >= 11 is 0. The molecular weight excluding hydrogens is 254 g/mol. The van der Waals surface area contributed by atoms with Gasteiger partial charge in [-0.3, -0.25) is 0 Å². The Hall–Kier alpha value is -2.14. The number of aromatic nitrogens is 1. The van der Waals surface area contributed by atoms with Gasteiger partial charge in [0.15, 0.2) is 0 Å². The van der Waals surface area contributed by atoms with Crippen molar-refractivity contribution in [3.63, 3.8) is 0 Å². The van der Waals surface area contributed by atoms with Crippen LogP contribution in [0.3, 0.4) is 0 Å². The number of carbonyl (C=O) groups is 1. The molecule has 2 rings (SSSR count). The summed E-state index contributed by atoms with van der Waals surface area (Å²) in [4.78, 5) is 17.9. The van der Waals surface area contributed by atoms with E-state index in [9.17, 15) is 9.90 Å². The fourth-order valence-electron chi connectivity index (χ4n) is 1.94. The first kappa shape index (κ1) is 14.3. The van der Waals surface area contributed by atoms with E-state index < -0.39 is 5.97 Å². The van der Waals surface area contributed by atoms with Crippen LogP contribution in [0.4, 0.5) is 5.82 Å². The first-order chi connectivity index (χ1) is 9.61. The van der Waals surface area contributed by atoms with Crippen molar-refractivity contribution in [3.05, 3.63) is 35.9 Å². The van der Waals surface area contributed by atoms with Crippen LogP contribution in [-0.2, 0) is 0 Å². The number of anilines is 1. The molecule has 0 radical (unpaired) electrons. The molecule has 0 atom stereocenters. The molecule has 0 saturated carbocycles. The lowest BCUT2D eigenvalue weighted by Gasteiger charge is -2.15. The maximum Gasteiger partial charge on any atom is 0.339 e. The Morgan fingerprint density at radius 3 is 2.85 bits per heavy atom. The smallest absolute Gasteiger partial charge is 0.339 e. The summed E-state index contributed by atoms with van der Waals surface area (Å²) in [6.07, 6.45) is 0. The third kappa shape index (κ3) is 3.24. The predicted octanol–water partition coefficient (Wildman–Crippen LogP) is 2.30. The van der Waals surface area contributed by atoms with Gasteiger partial charge in [-0.25, -0.2) is 9.78 Å². The maximum atomic E-state index is 11.3. The number of hydrogen-bond acceptors (Lipinski definition) is 4. The van der Waals surface area contributed by atoms with E-state index in [4.69, 9.17) is 0 Å². The number of nitrogens with one attached hydrogen (secondary N) is 1. The van der Waals surface area contributed by atoms with E-state index in [0.717, 1.165) is 24.0 Å². The third-order valence-corrected chi connectivity index (χ3v) is 3.28. The van der Waals surface area contributed by atoms with Crippen LogP contribution in [0.2, 0.25) is 0 Å². The van der Waals surface area contributed by atoms with Crippen molar-refractivity contribution in [1.82, 2.24) is 9.88 Å². The second-order valence-electron chi connectivity index (χ2n) is 4.71. The van der Waals surface area contributed by atoms with Gasteiger partial charge in [-0.1, -0.05) is 25.1 Å². The number of nitrogens with zero attached hydrogens (tertiary/aromatic N) is 2. The van der Waals surface area contributed by atoms with E-state index in [-0.39, 0.29) is 5.56 Å². The normalized spacial score (nSPS) is 10.9. The predicted molar refractivity (Wildman–Crippen MR) is 80.4 cm³/mol. The lowest BCUT2D eigenvalue weighted by atomic mass is 10.1. The van der Waals surface area contributed by atoms with E-state index in [1.54, 1.807) is 6.07 Å². The fourth-order valence-corrected chi connectivity index (χ4v) is 1.94. The number of rotatable bonds is 6. The Bertz CT molecular complexity index is 613. The van der Waals surface area contributed by atoms with Gasteiger partial charge in [-0.05, 0) is 25.7 Å². The van der Waals surface area contributed by atoms with Crippen molar-refractivity contribution in [1.29, 1.82) is 0 Å². The Morgan fingerprint density at radius 2 is 2.15 bits per heavy atom. The van der Waals surface area contributed by atoms with E-state index in [0.29, 0.717) is 12.4 Å². The van der Waals surface area contributed by atoms with Gasteiger partial charge in [-0.2, -0.15) is 0 Å². The van der Waals surface area contributed by atoms with E-state index in [1.165, 1.54) is 0 Å². The fraction of sp³-hybridized carbons (Fsp3) is 0.333. The molecule has 1 aromatic heterocycles. The van der Waals surface area contributed by atoms with Crippen LogP contribution in [0, 0.1) is 0 Å². The molecule has 1 aromatic carbocycles. The summed E-state index contributed by atoms with van der Waals surface area (Å²) in [5.41, 5.74) is 1.01. The van der Waals surface area contributed by atoms with Crippen molar-refractivity contribution in [2.24, 2.45) is 0 Å². The monoisotopic (exact) mass is 273 g/mol. The Kier molecular flexibility index (Phi) is 4.53. The first-order valence-electron chi connectivity index (χ1n) is 6.67. The summed E-state index contributed by atoms with van der Waals surface area (Å²) in [5.74, 6) is -0.532. The van der Waals surface area contributed by atoms with Crippen LogP contribution >= 0.6 is 0 Å². The van der Waals surface area contributed by atoms with Gasteiger partial charge in [0, 0.05) is 18.5 Å². The Labute approximate surface area is 118 Å². The van der Waals surface area contributed by atoms with Gasteiger partial charge in [0.2, 0.25) is 0 Å². The zero-order valence-corrected chi connectivity index (χ0v) is 11.8. The van der Waals surface area contributed by atoms with Crippen molar-refractivity contribution in [2.75, 3.05) is 32.0 Å². The number of fused-ring (bicyclic) bond motifs is 1. The molecule has 0 bridgehead atoms. The minimum Gasteiger partial charge on any atom is -0.478 e. The van der Waals surface area contributed by atoms with E-state index >= 15 is 0 Å². The second-order valence-corrected chi connectivity index (χ2v) is 4.71. The first-order valence-corrected chi connectivity index (χ1v) is 6.67. The van der Waals surface area contributed by atoms with Gasteiger partial charge < -0.3 is 15.3 Å². The molecule has 0 aliphatic heterocycles. The van der Waals surface area contributed by atoms with E-state index in [2.05, 4.69) is 22.1 Å². The lowest BCUT2D eigenvalue weighted by molar-refractivity contribution is 0.0697. The number of para-hydroxylation sites is 1. The van der Waals surface area contributed by atoms with Gasteiger partial charge in [0.1, 0.15) is 11.4 Å². The molecular formula is C15H19N3O2. The van der Waals surface area contributed by atoms with Crippen LogP contribution in [0.5, 0.6) is 0 Å². The third-order valence-electron chi connectivity index (χ3n) is 3.28. The summed E-state index contributed by atoms with van der Waals surface area (Å²) in [6, 6.07) is 9.17. The molecule has 0 unspecified atom stereocenters. The topological polar surface area (TPSA) is 65.5 Å². The number of carboxylic acid groups (broad SMARTS) is 1. The Balaban J connectivity index is 2.25. The van der Waals surface area contributed by atoms with Crippen molar-refractivity contribution in [2.45, 2.75) is 6.92 Å². The molecule has 2 aromatic rings. The number of likely N-dealkylation sites (N-methyl/N-ethyl adjacent to an activating group) is 1. The molecule has 5 heteroatoms. The molecule has 0 spiro atoms. The molecule has 5 nitrogen and oxygen atoms in total. The zero-order chi connectivity index (χ0) is 14.5. The molecule has 0 aliphatic carbocycles. The molecule has 0 aliphatic rings. The highest BCUT2D eigenvalue weighted by Crippen LogP contribution is 2.20. The van der Waals surface area contributed by atoms with Crippen molar-refractivity contribution >= 4 is 22.7 Å². The second kappa shape index (κ2) is 6.34. The van der Waals surface area contributed by atoms with E-state index in [1.807, 2.05) is 31.3 Å². The Morgan fingerprint density at radius 1 is 1.40 bits per heavy atom. The van der Waals surface area contributed by atoms with Crippen LogP contribution < -0.4 is 5.32 Å². The van der Waals surface area contributed by atoms with Gasteiger partial charge >= 0.3 is 5.97 Å². The average molecular weight is 273 g/mol. The van der Waals surface area contributed by atoms with Crippen LogP contribution in [-0.4, -0.2) is 47.6 Å². The van der Waals surface area contributed by atoms with Crippen molar-refractivity contribution in [3.8, 4) is 0 Å². The van der Waals surface area contributed by atoms with Gasteiger partial charge in [0.05, 0.1) is 5.52 Å². The van der Waals surface area contributed by atoms with Gasteiger partial charge in [-0.15, -0.1) is 0 Å². The minimum absolute atomic E-state index is 0.211. The zero-order valence-electron chi connectivity index (χ0n) is 11.8. The molecule has 0 saturated heterocycles. The summed E-state index contributed by atoms with van der Waals surface area (Å²) in [5, 5.41) is 13.2. The number of hydrogen-bond donors (Lipinski definition) is 2. The number of benzene rings is 1. The van der Waals surface area contributed by atoms with Crippen LogP contribution in [0.15, 0.2) is 30.3 Å². The highest BCUT2D eigenvalue weighted by Gasteiger charge is 2.12. The number of carboxylic acids is 1. The molecule has 106 valence electrons.